The molecule has 1 aliphatic carbocycles. The van der Waals surface area contributed by atoms with E-state index in [2.05, 4.69) is 38.1 Å². The maximum atomic E-state index is 6.07. The Labute approximate surface area is 105 Å². The molecule has 0 aliphatic heterocycles. The van der Waals surface area contributed by atoms with Crippen LogP contribution in [-0.4, -0.2) is 6.54 Å². The standard InChI is InChI=1S/C16H25N/c1-13(2)14-6-8-15(9-7-14)16(12-17)10-4-3-5-11-16/h6-9,13H,3-5,10-12,17H2,1-2H3. The second-order valence-corrected chi connectivity index (χ2v) is 5.82. The van der Waals surface area contributed by atoms with Gasteiger partial charge in [-0.1, -0.05) is 57.4 Å². The van der Waals surface area contributed by atoms with Crippen molar-refractivity contribution < 1.29 is 0 Å². The number of nitrogens with two attached hydrogens (primary N) is 1. The third-order valence-electron chi connectivity index (χ3n) is 4.39. The lowest BCUT2D eigenvalue weighted by molar-refractivity contribution is 0.301. The minimum absolute atomic E-state index is 0.272. The molecule has 2 rings (SSSR count). The summed E-state index contributed by atoms with van der Waals surface area (Å²) in [5.74, 6) is 0.615. The summed E-state index contributed by atoms with van der Waals surface area (Å²) in [4.78, 5) is 0. The van der Waals surface area contributed by atoms with E-state index >= 15 is 0 Å². The van der Waals surface area contributed by atoms with Gasteiger partial charge in [-0.3, -0.25) is 0 Å². The molecular formula is C16H25N. The van der Waals surface area contributed by atoms with Gasteiger partial charge in [-0.2, -0.15) is 0 Å². The molecule has 1 aliphatic rings. The molecule has 2 N–H and O–H groups in total. The van der Waals surface area contributed by atoms with Crippen molar-refractivity contribution in [3.63, 3.8) is 0 Å². The van der Waals surface area contributed by atoms with E-state index in [0.29, 0.717) is 5.92 Å². The van der Waals surface area contributed by atoms with Crippen molar-refractivity contribution in [3.05, 3.63) is 35.4 Å². The fourth-order valence-corrected chi connectivity index (χ4v) is 3.06. The van der Waals surface area contributed by atoms with Gasteiger partial charge in [-0.05, 0) is 29.9 Å². The van der Waals surface area contributed by atoms with E-state index in [1.807, 2.05) is 0 Å². The molecule has 0 heterocycles. The molecule has 0 amide bonds. The quantitative estimate of drug-likeness (QED) is 0.837. The molecule has 17 heavy (non-hydrogen) atoms. The summed E-state index contributed by atoms with van der Waals surface area (Å²) in [6.07, 6.45) is 6.59. The van der Waals surface area contributed by atoms with Crippen LogP contribution in [0.3, 0.4) is 0 Å². The minimum Gasteiger partial charge on any atom is -0.330 e. The zero-order chi connectivity index (χ0) is 12.3. The maximum absolute atomic E-state index is 6.07. The summed E-state index contributed by atoms with van der Waals surface area (Å²) in [5, 5.41) is 0. The van der Waals surface area contributed by atoms with Gasteiger partial charge in [0.05, 0.1) is 0 Å². The van der Waals surface area contributed by atoms with Gasteiger partial charge in [0.25, 0.3) is 0 Å². The molecule has 0 unspecified atom stereocenters. The van der Waals surface area contributed by atoms with Crippen molar-refractivity contribution in [3.8, 4) is 0 Å². The highest BCUT2D eigenvalue weighted by atomic mass is 14.6. The van der Waals surface area contributed by atoms with Crippen molar-refractivity contribution in [1.82, 2.24) is 0 Å². The van der Waals surface area contributed by atoms with Gasteiger partial charge < -0.3 is 5.73 Å². The average Bonchev–Trinajstić information content (AvgIpc) is 2.39. The highest BCUT2D eigenvalue weighted by Crippen LogP contribution is 2.38. The summed E-state index contributed by atoms with van der Waals surface area (Å²) in [5.41, 5.74) is 9.23. The van der Waals surface area contributed by atoms with E-state index < -0.39 is 0 Å². The number of hydrogen-bond acceptors (Lipinski definition) is 1. The Morgan fingerprint density at radius 3 is 2.12 bits per heavy atom. The van der Waals surface area contributed by atoms with Crippen molar-refractivity contribution in [1.29, 1.82) is 0 Å². The third kappa shape index (κ3) is 2.55. The first-order chi connectivity index (χ1) is 8.18. The Balaban J connectivity index is 2.24. The second-order valence-electron chi connectivity index (χ2n) is 5.82. The van der Waals surface area contributed by atoms with Crippen LogP contribution in [0, 0.1) is 0 Å². The largest absolute Gasteiger partial charge is 0.330 e. The highest BCUT2D eigenvalue weighted by Gasteiger charge is 2.32. The molecule has 1 nitrogen and oxygen atoms in total. The van der Waals surface area contributed by atoms with Crippen LogP contribution in [-0.2, 0) is 5.41 Å². The van der Waals surface area contributed by atoms with Gasteiger partial charge in [-0.15, -0.1) is 0 Å². The molecular weight excluding hydrogens is 206 g/mol. The van der Waals surface area contributed by atoms with E-state index in [4.69, 9.17) is 5.73 Å². The molecule has 0 radical (unpaired) electrons. The monoisotopic (exact) mass is 231 g/mol. The molecule has 1 aromatic rings. The molecule has 94 valence electrons. The Morgan fingerprint density at radius 2 is 1.65 bits per heavy atom. The molecule has 0 spiro atoms. The lowest BCUT2D eigenvalue weighted by Crippen LogP contribution is -2.37. The molecule has 1 aromatic carbocycles. The van der Waals surface area contributed by atoms with Crippen LogP contribution in [0.2, 0.25) is 0 Å². The van der Waals surface area contributed by atoms with E-state index in [0.717, 1.165) is 6.54 Å². The van der Waals surface area contributed by atoms with Gasteiger partial charge >= 0.3 is 0 Å². The van der Waals surface area contributed by atoms with Crippen molar-refractivity contribution >= 4 is 0 Å². The molecule has 1 saturated carbocycles. The smallest absolute Gasteiger partial charge is 0.00755 e. The molecule has 0 saturated heterocycles. The Bertz CT molecular complexity index is 344. The van der Waals surface area contributed by atoms with Crippen LogP contribution in [0.25, 0.3) is 0 Å². The first kappa shape index (κ1) is 12.6. The molecule has 1 heteroatoms. The number of hydrogen-bond donors (Lipinski definition) is 1. The van der Waals surface area contributed by atoms with Crippen LogP contribution in [0.4, 0.5) is 0 Å². The van der Waals surface area contributed by atoms with Crippen LogP contribution in [0.15, 0.2) is 24.3 Å². The topological polar surface area (TPSA) is 26.0 Å². The van der Waals surface area contributed by atoms with Gasteiger partial charge in [-0.25, -0.2) is 0 Å². The van der Waals surface area contributed by atoms with E-state index in [9.17, 15) is 0 Å². The first-order valence-corrected chi connectivity index (χ1v) is 6.98. The fourth-order valence-electron chi connectivity index (χ4n) is 3.06. The predicted molar refractivity (Wildman–Crippen MR) is 74.3 cm³/mol. The summed E-state index contributed by atoms with van der Waals surface area (Å²) in [6, 6.07) is 9.19. The fraction of sp³-hybridized carbons (Fsp3) is 0.625. The zero-order valence-electron chi connectivity index (χ0n) is 11.2. The van der Waals surface area contributed by atoms with Gasteiger partial charge in [0, 0.05) is 12.0 Å². The Morgan fingerprint density at radius 1 is 1.06 bits per heavy atom. The van der Waals surface area contributed by atoms with Crippen LogP contribution in [0.1, 0.15) is 63.0 Å². The zero-order valence-corrected chi connectivity index (χ0v) is 11.2. The lowest BCUT2D eigenvalue weighted by Gasteiger charge is -2.37. The van der Waals surface area contributed by atoms with Crippen LogP contribution >= 0.6 is 0 Å². The van der Waals surface area contributed by atoms with E-state index in [-0.39, 0.29) is 5.41 Å². The van der Waals surface area contributed by atoms with Crippen molar-refractivity contribution in [2.24, 2.45) is 5.73 Å². The highest BCUT2D eigenvalue weighted by molar-refractivity contribution is 5.31. The molecule has 0 atom stereocenters. The normalized spacial score (nSPS) is 19.5. The van der Waals surface area contributed by atoms with Gasteiger partial charge in [0.2, 0.25) is 0 Å². The third-order valence-corrected chi connectivity index (χ3v) is 4.39. The number of rotatable bonds is 3. The Kier molecular flexibility index (Phi) is 3.88. The maximum Gasteiger partial charge on any atom is 0.00755 e. The van der Waals surface area contributed by atoms with Crippen LogP contribution < -0.4 is 5.73 Å². The SMILES string of the molecule is CC(C)c1ccc(C2(CN)CCCCC2)cc1. The first-order valence-electron chi connectivity index (χ1n) is 6.98. The summed E-state index contributed by atoms with van der Waals surface area (Å²) >= 11 is 0. The van der Waals surface area contributed by atoms with E-state index in [1.54, 1.807) is 0 Å². The van der Waals surface area contributed by atoms with Crippen molar-refractivity contribution in [2.75, 3.05) is 6.54 Å². The second kappa shape index (κ2) is 5.22. The van der Waals surface area contributed by atoms with Crippen molar-refractivity contribution in [2.45, 2.75) is 57.3 Å². The summed E-state index contributed by atoms with van der Waals surface area (Å²) in [7, 11) is 0. The lowest BCUT2D eigenvalue weighted by atomic mass is 9.69. The van der Waals surface area contributed by atoms with E-state index in [1.165, 1.54) is 43.2 Å². The minimum atomic E-state index is 0.272. The summed E-state index contributed by atoms with van der Waals surface area (Å²) in [6.45, 7) is 5.29. The van der Waals surface area contributed by atoms with Crippen LogP contribution in [0.5, 0.6) is 0 Å². The molecule has 1 fully saturated rings. The summed E-state index contributed by atoms with van der Waals surface area (Å²) < 4.78 is 0. The molecule has 0 aromatic heterocycles. The Hall–Kier alpha value is -0.820. The predicted octanol–water partition coefficient (Wildman–Crippen LogP) is 3.97. The molecule has 0 bridgehead atoms. The van der Waals surface area contributed by atoms with Gasteiger partial charge in [0.1, 0.15) is 0 Å². The number of benzene rings is 1. The average molecular weight is 231 g/mol. The van der Waals surface area contributed by atoms with Gasteiger partial charge in [0.15, 0.2) is 0 Å².